The van der Waals surface area contributed by atoms with Gasteiger partial charge in [0.2, 0.25) is 5.91 Å². The van der Waals surface area contributed by atoms with Crippen molar-refractivity contribution < 1.29 is 14.7 Å². The summed E-state index contributed by atoms with van der Waals surface area (Å²) >= 11 is 5.96. The summed E-state index contributed by atoms with van der Waals surface area (Å²) in [5, 5.41) is 9.75. The summed E-state index contributed by atoms with van der Waals surface area (Å²) in [7, 11) is 0. The van der Waals surface area contributed by atoms with Crippen LogP contribution in [-0.4, -0.2) is 23.5 Å². The Morgan fingerprint density at radius 1 is 1.14 bits per heavy atom. The first kappa shape index (κ1) is 15.2. The number of anilines is 1. The number of carbonyl (C=O) groups is 2. The standard InChI is InChI=1S/C16H14ClNO3/c1-11(20)18(10-19)15-8-7-13(17)9-14(15)16(21)12-5-3-2-4-6-12/h2-9,19H,10H2,1H3. The first-order valence-corrected chi connectivity index (χ1v) is 6.70. The first-order valence-electron chi connectivity index (χ1n) is 6.33. The second-order valence-corrected chi connectivity index (χ2v) is 4.88. The third kappa shape index (κ3) is 3.29. The molecule has 0 unspecified atom stereocenters. The molecule has 4 nitrogen and oxygen atoms in total. The normalized spacial score (nSPS) is 10.2. The number of hydrogen-bond acceptors (Lipinski definition) is 3. The number of amides is 1. The highest BCUT2D eigenvalue weighted by Crippen LogP contribution is 2.26. The number of halogens is 1. The van der Waals surface area contributed by atoms with Crippen molar-refractivity contribution in [2.45, 2.75) is 6.92 Å². The van der Waals surface area contributed by atoms with E-state index in [9.17, 15) is 14.7 Å². The molecular weight excluding hydrogens is 290 g/mol. The van der Waals surface area contributed by atoms with Crippen LogP contribution in [0.15, 0.2) is 48.5 Å². The fraction of sp³-hybridized carbons (Fsp3) is 0.125. The van der Waals surface area contributed by atoms with Crippen molar-refractivity contribution in [1.82, 2.24) is 0 Å². The molecule has 2 aromatic carbocycles. The van der Waals surface area contributed by atoms with E-state index in [2.05, 4.69) is 0 Å². The first-order chi connectivity index (χ1) is 10.0. The highest BCUT2D eigenvalue weighted by Gasteiger charge is 2.20. The quantitative estimate of drug-likeness (QED) is 0.698. The predicted octanol–water partition coefficient (Wildman–Crippen LogP) is 2.87. The van der Waals surface area contributed by atoms with E-state index in [0.717, 1.165) is 4.90 Å². The van der Waals surface area contributed by atoms with E-state index in [-0.39, 0.29) is 17.3 Å². The van der Waals surface area contributed by atoms with Gasteiger partial charge in [0.25, 0.3) is 0 Å². The van der Waals surface area contributed by atoms with Gasteiger partial charge < -0.3 is 5.11 Å². The number of aliphatic hydroxyl groups is 1. The lowest BCUT2D eigenvalue weighted by atomic mass is 10.0. The summed E-state index contributed by atoms with van der Waals surface area (Å²) in [6.45, 7) is 0.813. The molecule has 1 N–H and O–H groups in total. The molecule has 0 spiro atoms. The fourth-order valence-corrected chi connectivity index (χ4v) is 2.19. The molecule has 0 aliphatic carbocycles. The molecule has 0 aliphatic rings. The lowest BCUT2D eigenvalue weighted by Gasteiger charge is -2.21. The van der Waals surface area contributed by atoms with Crippen LogP contribution in [-0.2, 0) is 4.79 Å². The maximum absolute atomic E-state index is 12.6. The minimum atomic E-state index is -0.508. The van der Waals surface area contributed by atoms with Crippen LogP contribution in [0, 0.1) is 0 Å². The number of ketones is 1. The Labute approximate surface area is 127 Å². The molecule has 2 rings (SSSR count). The molecule has 0 bridgehead atoms. The van der Waals surface area contributed by atoms with Crippen LogP contribution < -0.4 is 4.90 Å². The molecule has 0 heterocycles. The van der Waals surface area contributed by atoms with Gasteiger partial charge in [-0.1, -0.05) is 41.9 Å². The monoisotopic (exact) mass is 303 g/mol. The van der Waals surface area contributed by atoms with E-state index >= 15 is 0 Å². The van der Waals surface area contributed by atoms with Crippen LogP contribution in [0.1, 0.15) is 22.8 Å². The predicted molar refractivity (Wildman–Crippen MR) is 81.6 cm³/mol. The van der Waals surface area contributed by atoms with E-state index in [1.165, 1.54) is 13.0 Å². The minimum absolute atomic E-state index is 0.257. The van der Waals surface area contributed by atoms with Crippen molar-refractivity contribution in [2.75, 3.05) is 11.6 Å². The van der Waals surface area contributed by atoms with Gasteiger partial charge in [0.15, 0.2) is 5.78 Å². The molecule has 0 saturated carbocycles. The zero-order chi connectivity index (χ0) is 15.4. The van der Waals surface area contributed by atoms with Crippen molar-refractivity contribution in [2.24, 2.45) is 0 Å². The smallest absolute Gasteiger partial charge is 0.225 e. The molecule has 0 radical (unpaired) electrons. The van der Waals surface area contributed by atoms with Crippen molar-refractivity contribution in [1.29, 1.82) is 0 Å². The average Bonchev–Trinajstić information content (AvgIpc) is 2.49. The second-order valence-electron chi connectivity index (χ2n) is 4.45. The molecule has 5 heteroatoms. The van der Waals surface area contributed by atoms with Crippen molar-refractivity contribution in [3.8, 4) is 0 Å². The van der Waals surface area contributed by atoms with Crippen molar-refractivity contribution in [3.63, 3.8) is 0 Å². The molecule has 2 aromatic rings. The van der Waals surface area contributed by atoms with Gasteiger partial charge in [-0.3, -0.25) is 14.5 Å². The molecule has 1 amide bonds. The Bertz CT molecular complexity index is 670. The average molecular weight is 304 g/mol. The SMILES string of the molecule is CC(=O)N(CO)c1ccc(Cl)cc1C(=O)c1ccccc1. The summed E-state index contributed by atoms with van der Waals surface area (Å²) in [6, 6.07) is 13.3. The van der Waals surface area contributed by atoms with Crippen LogP contribution in [0.3, 0.4) is 0 Å². The number of nitrogens with zero attached hydrogens (tertiary/aromatic N) is 1. The van der Waals surface area contributed by atoms with Crippen LogP contribution in [0.5, 0.6) is 0 Å². The van der Waals surface area contributed by atoms with Gasteiger partial charge in [-0.15, -0.1) is 0 Å². The molecule has 0 aromatic heterocycles. The zero-order valence-electron chi connectivity index (χ0n) is 11.4. The number of hydrogen-bond donors (Lipinski definition) is 1. The van der Waals surface area contributed by atoms with Gasteiger partial charge in [0.1, 0.15) is 6.73 Å². The molecule has 21 heavy (non-hydrogen) atoms. The summed E-state index contributed by atoms with van der Waals surface area (Å²) in [6.07, 6.45) is 0. The lowest BCUT2D eigenvalue weighted by Crippen LogP contribution is -2.30. The number of rotatable bonds is 4. The molecule has 108 valence electrons. The maximum Gasteiger partial charge on any atom is 0.225 e. The Kier molecular flexibility index (Phi) is 4.73. The van der Waals surface area contributed by atoms with Gasteiger partial charge in [-0.05, 0) is 18.2 Å². The van der Waals surface area contributed by atoms with Crippen LogP contribution >= 0.6 is 11.6 Å². The molecule has 0 saturated heterocycles. The lowest BCUT2D eigenvalue weighted by molar-refractivity contribution is -0.117. The van der Waals surface area contributed by atoms with Crippen LogP contribution in [0.4, 0.5) is 5.69 Å². The highest BCUT2D eigenvalue weighted by atomic mass is 35.5. The van der Waals surface area contributed by atoms with Gasteiger partial charge in [0, 0.05) is 23.1 Å². The number of carbonyl (C=O) groups excluding carboxylic acids is 2. The summed E-state index contributed by atoms with van der Waals surface area (Å²) in [4.78, 5) is 25.3. The highest BCUT2D eigenvalue weighted by molar-refractivity contribution is 6.31. The third-order valence-electron chi connectivity index (χ3n) is 3.05. The van der Waals surface area contributed by atoms with Gasteiger partial charge in [-0.25, -0.2) is 0 Å². The van der Waals surface area contributed by atoms with E-state index in [1.807, 2.05) is 6.07 Å². The topological polar surface area (TPSA) is 57.6 Å². The van der Waals surface area contributed by atoms with Crippen molar-refractivity contribution in [3.05, 3.63) is 64.7 Å². The summed E-state index contributed by atoms with van der Waals surface area (Å²) < 4.78 is 0. The van der Waals surface area contributed by atoms with Gasteiger partial charge in [0.05, 0.1) is 5.69 Å². The zero-order valence-corrected chi connectivity index (χ0v) is 12.2. The van der Waals surface area contributed by atoms with Crippen LogP contribution in [0.25, 0.3) is 0 Å². The summed E-state index contributed by atoms with van der Waals surface area (Å²) in [5.74, 6) is -0.616. The number of benzene rings is 2. The molecule has 0 fully saturated rings. The van der Waals surface area contributed by atoms with E-state index in [0.29, 0.717) is 16.3 Å². The second kappa shape index (κ2) is 6.52. The van der Waals surface area contributed by atoms with Crippen molar-refractivity contribution >= 4 is 29.0 Å². The Balaban J connectivity index is 2.54. The van der Waals surface area contributed by atoms with E-state index < -0.39 is 6.73 Å². The Morgan fingerprint density at radius 2 is 1.81 bits per heavy atom. The Morgan fingerprint density at radius 3 is 2.38 bits per heavy atom. The van der Waals surface area contributed by atoms with Gasteiger partial charge >= 0.3 is 0 Å². The Hall–Kier alpha value is -2.17. The van der Waals surface area contributed by atoms with Gasteiger partial charge in [-0.2, -0.15) is 0 Å². The van der Waals surface area contributed by atoms with E-state index in [4.69, 9.17) is 11.6 Å². The molecule has 0 aliphatic heterocycles. The number of aliphatic hydroxyl groups excluding tert-OH is 1. The third-order valence-corrected chi connectivity index (χ3v) is 3.29. The maximum atomic E-state index is 12.6. The molecular formula is C16H14ClNO3. The minimum Gasteiger partial charge on any atom is -0.376 e. The van der Waals surface area contributed by atoms with Crippen LogP contribution in [0.2, 0.25) is 5.02 Å². The molecule has 0 atom stereocenters. The van der Waals surface area contributed by atoms with E-state index in [1.54, 1.807) is 36.4 Å². The fourth-order valence-electron chi connectivity index (χ4n) is 2.02. The largest absolute Gasteiger partial charge is 0.376 e. The summed E-state index contributed by atoms with van der Waals surface area (Å²) in [5.41, 5.74) is 1.10.